The molecular weight excluding hydrogens is 244 g/mol. The highest BCUT2D eigenvalue weighted by Gasteiger charge is 2.35. The molecule has 2 aliphatic heterocycles. The van der Waals surface area contributed by atoms with Gasteiger partial charge in [0.15, 0.2) is 0 Å². The Hall–Kier alpha value is -0.650. The monoisotopic (exact) mass is 270 g/mol. The molecule has 5 heteroatoms. The van der Waals surface area contributed by atoms with Crippen LogP contribution in [0.4, 0.5) is 0 Å². The average Bonchev–Trinajstić information content (AvgIpc) is 2.68. The summed E-state index contributed by atoms with van der Waals surface area (Å²) in [7, 11) is 0. The van der Waals surface area contributed by atoms with E-state index in [1.165, 1.54) is 0 Å². The summed E-state index contributed by atoms with van der Waals surface area (Å²) in [6, 6.07) is 0.0321. The van der Waals surface area contributed by atoms with Gasteiger partial charge in [-0.1, -0.05) is 13.8 Å². The first-order valence-electron chi connectivity index (χ1n) is 7.39. The smallest absolute Gasteiger partial charge is 0.324 e. The highest BCUT2D eigenvalue weighted by Crippen LogP contribution is 2.26. The summed E-state index contributed by atoms with van der Waals surface area (Å²) in [5.41, 5.74) is 0. The molecule has 2 fully saturated rings. The lowest BCUT2D eigenvalue weighted by Crippen LogP contribution is -2.53. The van der Waals surface area contributed by atoms with E-state index in [0.717, 1.165) is 25.9 Å². The number of likely N-dealkylation sites (tertiary alicyclic amines) is 1. The molecule has 0 aromatic carbocycles. The molecule has 2 aliphatic rings. The zero-order valence-corrected chi connectivity index (χ0v) is 12.2. The number of hydrogen-bond acceptors (Lipinski definition) is 5. The number of esters is 1. The molecule has 0 aromatic rings. The molecule has 0 aromatic heterocycles. The van der Waals surface area contributed by atoms with Crippen molar-refractivity contribution in [2.24, 2.45) is 0 Å². The van der Waals surface area contributed by atoms with Crippen LogP contribution in [-0.4, -0.2) is 61.4 Å². The summed E-state index contributed by atoms with van der Waals surface area (Å²) in [5.74, 6) is -0.143. The Bertz CT molecular complexity index is 297. The van der Waals surface area contributed by atoms with Gasteiger partial charge < -0.3 is 14.8 Å². The molecule has 1 N–H and O–H groups in total. The fourth-order valence-corrected chi connectivity index (χ4v) is 2.95. The minimum Gasteiger partial charge on any atom is -0.465 e. The first kappa shape index (κ1) is 14.8. The van der Waals surface area contributed by atoms with Gasteiger partial charge in [0.1, 0.15) is 6.04 Å². The van der Waals surface area contributed by atoms with Gasteiger partial charge in [-0.15, -0.1) is 0 Å². The quantitative estimate of drug-likeness (QED) is 0.723. The Morgan fingerprint density at radius 3 is 2.53 bits per heavy atom. The Balaban J connectivity index is 1.89. The molecule has 0 radical (unpaired) electrons. The lowest BCUT2D eigenvalue weighted by molar-refractivity contribution is -0.147. The van der Waals surface area contributed by atoms with E-state index in [0.29, 0.717) is 25.4 Å². The van der Waals surface area contributed by atoms with E-state index >= 15 is 0 Å². The number of fused-ring (bicyclic) bond motifs is 2. The van der Waals surface area contributed by atoms with Gasteiger partial charge >= 0.3 is 5.97 Å². The first-order chi connectivity index (χ1) is 9.08. The van der Waals surface area contributed by atoms with E-state index in [4.69, 9.17) is 9.47 Å². The number of ether oxygens (including phenoxy) is 2. The van der Waals surface area contributed by atoms with Gasteiger partial charge in [-0.05, 0) is 19.8 Å². The third kappa shape index (κ3) is 4.16. The molecule has 0 aliphatic carbocycles. The van der Waals surface area contributed by atoms with Crippen molar-refractivity contribution in [2.75, 3.05) is 26.2 Å². The van der Waals surface area contributed by atoms with Crippen LogP contribution in [0.1, 0.15) is 33.6 Å². The Morgan fingerprint density at radius 1 is 1.37 bits per heavy atom. The summed E-state index contributed by atoms with van der Waals surface area (Å²) in [6.07, 6.45) is 3.03. The molecule has 3 atom stereocenters. The van der Waals surface area contributed by atoms with E-state index < -0.39 is 0 Å². The van der Waals surface area contributed by atoms with Gasteiger partial charge in [0, 0.05) is 25.7 Å². The number of morpholine rings is 1. The Kier molecular flexibility index (Phi) is 5.19. The molecule has 2 saturated heterocycles. The van der Waals surface area contributed by atoms with Crippen molar-refractivity contribution in [1.29, 1.82) is 0 Å². The number of rotatable bonds is 6. The zero-order valence-electron chi connectivity index (χ0n) is 12.2. The van der Waals surface area contributed by atoms with Crippen LogP contribution in [0.2, 0.25) is 0 Å². The van der Waals surface area contributed by atoms with E-state index in [9.17, 15) is 4.79 Å². The summed E-state index contributed by atoms with van der Waals surface area (Å²) in [6.45, 7) is 8.97. The molecule has 3 unspecified atom stereocenters. The lowest BCUT2D eigenvalue weighted by atomic mass is 10.2. The average molecular weight is 270 g/mol. The standard InChI is InChI=1S/C14H26N2O3/c1-4-18-14(17)13(15-10(2)3)9-16-7-11-5-6-12(8-16)19-11/h10-13,15H,4-9H2,1-3H3. The van der Waals surface area contributed by atoms with Crippen LogP contribution >= 0.6 is 0 Å². The molecule has 19 heavy (non-hydrogen) atoms. The summed E-state index contributed by atoms with van der Waals surface area (Å²) in [5, 5.41) is 3.30. The predicted octanol–water partition coefficient (Wildman–Crippen LogP) is 0.779. The normalized spacial score (nSPS) is 28.6. The lowest BCUT2D eigenvalue weighted by Gasteiger charge is -2.34. The van der Waals surface area contributed by atoms with Gasteiger partial charge in [0.2, 0.25) is 0 Å². The number of nitrogens with one attached hydrogen (secondary N) is 1. The minimum absolute atomic E-state index is 0.143. The van der Waals surface area contributed by atoms with Crippen LogP contribution in [0.3, 0.4) is 0 Å². The van der Waals surface area contributed by atoms with Crippen LogP contribution in [0.25, 0.3) is 0 Å². The van der Waals surface area contributed by atoms with Crippen LogP contribution < -0.4 is 5.32 Å². The van der Waals surface area contributed by atoms with Gasteiger partial charge in [-0.2, -0.15) is 0 Å². The van der Waals surface area contributed by atoms with Crippen molar-refractivity contribution >= 4 is 5.97 Å². The van der Waals surface area contributed by atoms with Crippen molar-refractivity contribution in [3.8, 4) is 0 Å². The fourth-order valence-electron chi connectivity index (χ4n) is 2.95. The third-order valence-electron chi connectivity index (χ3n) is 3.67. The fraction of sp³-hybridized carbons (Fsp3) is 0.929. The SMILES string of the molecule is CCOC(=O)C(CN1CC2CCC(C1)O2)NC(C)C. The van der Waals surface area contributed by atoms with Crippen LogP contribution in [0, 0.1) is 0 Å². The van der Waals surface area contributed by atoms with Gasteiger partial charge in [0.05, 0.1) is 18.8 Å². The molecular formula is C14H26N2O3. The van der Waals surface area contributed by atoms with Crippen LogP contribution in [0.5, 0.6) is 0 Å². The molecule has 2 rings (SSSR count). The molecule has 0 saturated carbocycles. The van der Waals surface area contributed by atoms with Gasteiger partial charge in [0.25, 0.3) is 0 Å². The van der Waals surface area contributed by atoms with Crippen molar-refractivity contribution in [2.45, 2.75) is 57.9 Å². The summed E-state index contributed by atoms with van der Waals surface area (Å²) in [4.78, 5) is 14.3. The molecule has 110 valence electrons. The van der Waals surface area contributed by atoms with Crippen molar-refractivity contribution in [1.82, 2.24) is 10.2 Å². The van der Waals surface area contributed by atoms with E-state index in [1.807, 2.05) is 6.92 Å². The molecule has 0 amide bonds. The van der Waals surface area contributed by atoms with E-state index in [2.05, 4.69) is 24.1 Å². The van der Waals surface area contributed by atoms with Crippen molar-refractivity contribution in [3.05, 3.63) is 0 Å². The summed E-state index contributed by atoms with van der Waals surface area (Å²) < 4.78 is 11.0. The second kappa shape index (κ2) is 6.68. The maximum absolute atomic E-state index is 12.0. The van der Waals surface area contributed by atoms with Crippen molar-refractivity contribution in [3.63, 3.8) is 0 Å². The summed E-state index contributed by atoms with van der Waals surface area (Å²) >= 11 is 0. The predicted molar refractivity (Wildman–Crippen MR) is 73.0 cm³/mol. The zero-order chi connectivity index (χ0) is 13.8. The Morgan fingerprint density at radius 2 is 2.00 bits per heavy atom. The molecule has 2 bridgehead atoms. The maximum Gasteiger partial charge on any atom is 0.324 e. The number of nitrogens with zero attached hydrogens (tertiary/aromatic N) is 1. The second-order valence-electron chi connectivity index (χ2n) is 5.80. The number of carbonyl (C=O) groups is 1. The number of hydrogen-bond donors (Lipinski definition) is 1. The van der Waals surface area contributed by atoms with Crippen molar-refractivity contribution < 1.29 is 14.3 Å². The largest absolute Gasteiger partial charge is 0.465 e. The second-order valence-corrected chi connectivity index (χ2v) is 5.80. The first-order valence-corrected chi connectivity index (χ1v) is 7.39. The highest BCUT2D eigenvalue weighted by molar-refractivity contribution is 5.76. The van der Waals surface area contributed by atoms with Gasteiger partial charge in [-0.3, -0.25) is 9.69 Å². The molecule has 2 heterocycles. The van der Waals surface area contributed by atoms with Crippen LogP contribution in [0.15, 0.2) is 0 Å². The highest BCUT2D eigenvalue weighted by atomic mass is 16.5. The van der Waals surface area contributed by atoms with Crippen LogP contribution in [-0.2, 0) is 14.3 Å². The van der Waals surface area contributed by atoms with Gasteiger partial charge in [-0.25, -0.2) is 0 Å². The molecule has 0 spiro atoms. The van der Waals surface area contributed by atoms with E-state index in [1.54, 1.807) is 0 Å². The maximum atomic E-state index is 12.0. The Labute approximate surface area is 115 Å². The number of carbonyl (C=O) groups excluding carboxylic acids is 1. The molecule has 5 nitrogen and oxygen atoms in total. The topological polar surface area (TPSA) is 50.8 Å². The van der Waals surface area contributed by atoms with E-state index in [-0.39, 0.29) is 18.1 Å². The minimum atomic E-state index is -0.238. The third-order valence-corrected chi connectivity index (χ3v) is 3.67.